The molecule has 0 atom stereocenters. The van der Waals surface area contributed by atoms with E-state index in [0.29, 0.717) is 6.07 Å². The number of carbonyl (C=O) groups is 1. The molecule has 0 aliphatic rings. The summed E-state index contributed by atoms with van der Waals surface area (Å²) in [4.78, 5) is 10.8. The van der Waals surface area contributed by atoms with Crippen molar-refractivity contribution < 1.29 is 31.1 Å². The van der Waals surface area contributed by atoms with E-state index in [4.69, 9.17) is 0 Å². The molecule has 1 aromatic rings. The van der Waals surface area contributed by atoms with E-state index in [1.54, 1.807) is 0 Å². The van der Waals surface area contributed by atoms with Crippen molar-refractivity contribution in [3.8, 4) is 0 Å². The molecule has 17 heavy (non-hydrogen) atoms. The normalized spacial score (nSPS) is 12.6. The monoisotopic (exact) mass is 368 g/mol. The molecule has 1 rings (SSSR count). The first-order chi connectivity index (χ1) is 7.51. The van der Waals surface area contributed by atoms with E-state index in [9.17, 15) is 31.1 Å². The average molecular weight is 368 g/mol. The van der Waals surface area contributed by atoms with Crippen molar-refractivity contribution in [2.24, 2.45) is 0 Å². The summed E-state index contributed by atoms with van der Waals surface area (Å²) in [7, 11) is 0. The predicted octanol–water partition coefficient (Wildman–Crippen LogP) is 4.06. The van der Waals surface area contributed by atoms with Gasteiger partial charge in [0.2, 0.25) is 0 Å². The lowest BCUT2D eigenvalue weighted by Gasteiger charge is -2.10. The summed E-state index contributed by atoms with van der Waals surface area (Å²) in [6, 6.07) is 1.61. The van der Waals surface area contributed by atoms with E-state index in [2.05, 4.69) is 0 Å². The second-order valence-corrected chi connectivity index (χ2v) is 4.30. The summed E-state index contributed by atoms with van der Waals surface area (Å²) in [6.07, 6.45) is -9.98. The maximum Gasteiger partial charge on any atom is 0.454 e. The van der Waals surface area contributed by atoms with E-state index in [1.165, 1.54) is 22.6 Å². The molecule has 1 nitrogen and oxygen atoms in total. The average Bonchev–Trinajstić information content (AvgIpc) is 2.12. The maximum absolute atomic E-state index is 12.3. The predicted molar refractivity (Wildman–Crippen MR) is 54.5 cm³/mol. The third-order valence-electron chi connectivity index (χ3n) is 1.74. The second kappa shape index (κ2) is 4.46. The Balaban J connectivity index is 3.29. The molecular formula is C9H3F6IO. The Kier molecular flexibility index (Phi) is 3.75. The number of hydrogen-bond donors (Lipinski definition) is 0. The number of rotatable bonds is 1. The zero-order valence-electron chi connectivity index (χ0n) is 7.79. The van der Waals surface area contributed by atoms with Crippen LogP contribution in [0.4, 0.5) is 26.3 Å². The molecule has 0 aliphatic heterocycles. The zero-order chi connectivity index (χ0) is 13.4. The lowest BCUT2D eigenvalue weighted by atomic mass is 10.1. The highest BCUT2D eigenvalue weighted by molar-refractivity contribution is 14.1. The van der Waals surface area contributed by atoms with Gasteiger partial charge in [-0.25, -0.2) is 0 Å². The van der Waals surface area contributed by atoms with Gasteiger partial charge in [0, 0.05) is 9.13 Å². The lowest BCUT2D eigenvalue weighted by molar-refractivity contribution is -0.137. The number of carbonyl (C=O) groups excluding carboxylic acids is 1. The maximum atomic E-state index is 12.3. The molecule has 8 heteroatoms. The zero-order valence-corrected chi connectivity index (χ0v) is 9.94. The number of hydrogen-bond acceptors (Lipinski definition) is 1. The number of Topliss-reactive ketones (excluding diaryl/α,β-unsaturated/α-hetero) is 1. The Hall–Kier alpha value is -0.800. The van der Waals surface area contributed by atoms with Crippen molar-refractivity contribution in [2.75, 3.05) is 0 Å². The number of alkyl halides is 6. The van der Waals surface area contributed by atoms with Gasteiger partial charge in [0.25, 0.3) is 5.78 Å². The Bertz CT molecular complexity index is 448. The van der Waals surface area contributed by atoms with Crippen molar-refractivity contribution in [1.29, 1.82) is 0 Å². The molecule has 0 amide bonds. The lowest BCUT2D eigenvalue weighted by Crippen LogP contribution is -2.23. The molecular weight excluding hydrogens is 365 g/mol. The van der Waals surface area contributed by atoms with Crippen LogP contribution in [-0.2, 0) is 6.18 Å². The Morgan fingerprint density at radius 3 is 1.94 bits per heavy atom. The summed E-state index contributed by atoms with van der Waals surface area (Å²) < 4.78 is 73.0. The van der Waals surface area contributed by atoms with E-state index >= 15 is 0 Å². The molecule has 1 aromatic carbocycles. The van der Waals surface area contributed by atoms with Gasteiger partial charge in [-0.1, -0.05) is 0 Å². The van der Waals surface area contributed by atoms with Crippen LogP contribution < -0.4 is 0 Å². The molecule has 0 heterocycles. The van der Waals surface area contributed by atoms with Crippen LogP contribution in [0.3, 0.4) is 0 Å². The Morgan fingerprint density at radius 1 is 1.00 bits per heavy atom. The molecule has 0 bridgehead atoms. The summed E-state index contributed by atoms with van der Waals surface area (Å²) >= 11 is 1.41. The van der Waals surface area contributed by atoms with E-state index < -0.39 is 29.3 Å². The van der Waals surface area contributed by atoms with Crippen LogP contribution in [0.15, 0.2) is 18.2 Å². The van der Waals surface area contributed by atoms with Gasteiger partial charge < -0.3 is 0 Å². The molecule has 0 N–H and O–H groups in total. The van der Waals surface area contributed by atoms with Crippen molar-refractivity contribution in [3.05, 3.63) is 32.9 Å². The summed E-state index contributed by atoms with van der Waals surface area (Å²) in [5.74, 6) is -2.29. The number of benzene rings is 1. The topological polar surface area (TPSA) is 17.1 Å². The minimum Gasteiger partial charge on any atom is -0.284 e. The van der Waals surface area contributed by atoms with Crippen LogP contribution in [0.5, 0.6) is 0 Å². The summed E-state index contributed by atoms with van der Waals surface area (Å²) in [6.45, 7) is 0. The third kappa shape index (κ3) is 3.58. The Labute approximate surface area is 105 Å². The molecule has 0 aliphatic carbocycles. The van der Waals surface area contributed by atoms with Crippen molar-refractivity contribution >= 4 is 28.4 Å². The summed E-state index contributed by atoms with van der Waals surface area (Å²) in [5, 5.41) is 0. The third-order valence-corrected chi connectivity index (χ3v) is 2.37. The fourth-order valence-electron chi connectivity index (χ4n) is 1.05. The molecule has 0 saturated heterocycles. The van der Waals surface area contributed by atoms with Gasteiger partial charge in [0.1, 0.15) is 0 Å². The van der Waals surface area contributed by atoms with Crippen LogP contribution in [-0.4, -0.2) is 12.0 Å². The minimum absolute atomic E-state index is 0.0926. The highest BCUT2D eigenvalue weighted by Crippen LogP contribution is 2.32. The van der Waals surface area contributed by atoms with Gasteiger partial charge in [-0.05, 0) is 40.8 Å². The fraction of sp³-hybridized carbons (Fsp3) is 0.222. The van der Waals surface area contributed by atoms with Gasteiger partial charge in [0.15, 0.2) is 0 Å². The quantitative estimate of drug-likeness (QED) is 0.415. The van der Waals surface area contributed by atoms with Crippen molar-refractivity contribution in [3.63, 3.8) is 0 Å². The molecule has 0 radical (unpaired) electrons. The van der Waals surface area contributed by atoms with Crippen LogP contribution in [0.25, 0.3) is 0 Å². The van der Waals surface area contributed by atoms with Crippen LogP contribution >= 0.6 is 22.6 Å². The molecule has 94 valence electrons. The van der Waals surface area contributed by atoms with Gasteiger partial charge in [-0.15, -0.1) is 0 Å². The first-order valence-electron chi connectivity index (χ1n) is 4.01. The molecule has 0 saturated carbocycles. The second-order valence-electron chi connectivity index (χ2n) is 3.05. The van der Waals surface area contributed by atoms with Crippen LogP contribution in [0.1, 0.15) is 15.9 Å². The number of halogens is 7. The molecule has 0 fully saturated rings. The van der Waals surface area contributed by atoms with Crippen molar-refractivity contribution in [2.45, 2.75) is 12.4 Å². The standard InChI is InChI=1S/C9H3F6IO/c10-8(11,12)5-1-4(2-6(16)3-5)7(17)9(13,14)15/h1-3H. The Morgan fingerprint density at radius 2 is 1.53 bits per heavy atom. The van der Waals surface area contributed by atoms with Gasteiger partial charge >= 0.3 is 12.4 Å². The van der Waals surface area contributed by atoms with Crippen molar-refractivity contribution in [1.82, 2.24) is 0 Å². The molecule has 0 spiro atoms. The van der Waals surface area contributed by atoms with Gasteiger partial charge in [-0.2, -0.15) is 26.3 Å². The first kappa shape index (κ1) is 14.3. The number of ketones is 1. The fourth-order valence-corrected chi connectivity index (χ4v) is 1.72. The minimum atomic E-state index is -5.19. The highest BCUT2D eigenvalue weighted by Gasteiger charge is 2.40. The van der Waals surface area contributed by atoms with Crippen LogP contribution in [0.2, 0.25) is 0 Å². The summed E-state index contributed by atoms with van der Waals surface area (Å²) in [5.41, 5.74) is -2.30. The highest BCUT2D eigenvalue weighted by atomic mass is 127. The van der Waals surface area contributed by atoms with E-state index in [0.717, 1.165) is 6.07 Å². The van der Waals surface area contributed by atoms with E-state index in [-0.39, 0.29) is 9.64 Å². The van der Waals surface area contributed by atoms with Gasteiger partial charge in [0.05, 0.1) is 5.56 Å². The largest absolute Gasteiger partial charge is 0.454 e. The van der Waals surface area contributed by atoms with Gasteiger partial charge in [-0.3, -0.25) is 4.79 Å². The van der Waals surface area contributed by atoms with E-state index in [1.807, 2.05) is 0 Å². The molecule has 0 unspecified atom stereocenters. The SMILES string of the molecule is O=C(c1cc(I)cc(C(F)(F)F)c1)C(F)(F)F. The smallest absolute Gasteiger partial charge is 0.284 e. The molecule has 0 aromatic heterocycles. The first-order valence-corrected chi connectivity index (χ1v) is 5.09. The van der Waals surface area contributed by atoms with Crippen LogP contribution in [0, 0.1) is 3.57 Å².